The van der Waals surface area contributed by atoms with Crippen molar-refractivity contribution < 1.29 is 24.2 Å². The highest BCUT2D eigenvalue weighted by Crippen LogP contribution is 2.17. The Morgan fingerprint density at radius 1 is 1.09 bits per heavy atom. The molecule has 2 saturated heterocycles. The molecule has 10 nitrogen and oxygen atoms in total. The number of likely N-dealkylation sites (tertiary alicyclic amines) is 1. The lowest BCUT2D eigenvalue weighted by Crippen LogP contribution is -2.48. The van der Waals surface area contributed by atoms with E-state index in [-0.39, 0.29) is 18.4 Å². The molecular formula is C22H35N5O5. The molecule has 0 aliphatic carbocycles. The van der Waals surface area contributed by atoms with Gasteiger partial charge in [0, 0.05) is 50.9 Å². The van der Waals surface area contributed by atoms with Crippen LogP contribution in [-0.4, -0.2) is 91.8 Å². The molecule has 5 N–H and O–H groups in total. The largest absolute Gasteiger partial charge is 0.483 e. The Bertz CT molecular complexity index is 701. The van der Waals surface area contributed by atoms with E-state index in [1.807, 2.05) is 4.90 Å². The second kappa shape index (κ2) is 14.3. The number of carboxylic acid groups (broad SMARTS) is 1. The maximum atomic E-state index is 12.4. The Kier molecular flexibility index (Phi) is 11.3. The Morgan fingerprint density at radius 2 is 1.72 bits per heavy atom. The third kappa shape index (κ3) is 8.72. The molecule has 0 bridgehead atoms. The summed E-state index contributed by atoms with van der Waals surface area (Å²) in [5, 5.41) is 13.3. The molecule has 0 radical (unpaired) electrons. The molecular weight excluding hydrogens is 414 g/mol. The zero-order chi connectivity index (χ0) is 23.2. The number of nitrogens with zero attached hydrogens (tertiary/aromatic N) is 2. The van der Waals surface area contributed by atoms with Gasteiger partial charge in [-0.15, -0.1) is 0 Å². The third-order valence-electron chi connectivity index (χ3n) is 5.52. The average molecular weight is 450 g/mol. The molecule has 2 heterocycles. The molecule has 3 amide bonds. The van der Waals surface area contributed by atoms with Crippen LogP contribution in [-0.2, 0) is 20.7 Å². The number of hydrogen-bond donors (Lipinski definition) is 4. The van der Waals surface area contributed by atoms with Crippen LogP contribution in [0, 0.1) is 0 Å². The number of nitrogens with one attached hydrogen (secondary N) is 2. The van der Waals surface area contributed by atoms with E-state index in [0.29, 0.717) is 64.9 Å². The highest BCUT2D eigenvalue weighted by Gasteiger charge is 2.23. The van der Waals surface area contributed by atoms with Gasteiger partial charge in [-0.3, -0.25) is 9.59 Å². The molecule has 10 heteroatoms. The number of carbonyl (C=O) groups is 3. The lowest BCUT2D eigenvalue weighted by Gasteiger charge is -2.33. The van der Waals surface area contributed by atoms with Crippen LogP contribution in [0.1, 0.15) is 24.8 Å². The molecule has 0 atom stereocenters. The molecule has 1 aromatic carbocycles. The normalized spacial score (nSPS) is 16.5. The van der Waals surface area contributed by atoms with Crippen molar-refractivity contribution in [2.24, 2.45) is 5.73 Å². The van der Waals surface area contributed by atoms with Crippen molar-refractivity contribution >= 4 is 24.1 Å². The maximum Gasteiger partial charge on any atom is 0.317 e. The number of nitrogens with two attached hydrogens (primary N) is 1. The van der Waals surface area contributed by atoms with E-state index in [0.717, 1.165) is 24.9 Å². The van der Waals surface area contributed by atoms with Gasteiger partial charge in [-0.2, -0.15) is 0 Å². The summed E-state index contributed by atoms with van der Waals surface area (Å²) in [6.07, 6.45) is 3.05. The van der Waals surface area contributed by atoms with Crippen molar-refractivity contribution in [2.75, 3.05) is 57.8 Å². The van der Waals surface area contributed by atoms with Crippen LogP contribution >= 0.6 is 0 Å². The fraction of sp³-hybridized carbons (Fsp3) is 0.591. The smallest absolute Gasteiger partial charge is 0.317 e. The summed E-state index contributed by atoms with van der Waals surface area (Å²) in [6, 6.07) is 8.68. The third-order valence-corrected chi connectivity index (χ3v) is 5.52. The predicted octanol–water partition coefficient (Wildman–Crippen LogP) is 0.723. The van der Waals surface area contributed by atoms with Crippen LogP contribution in [0.15, 0.2) is 24.3 Å². The molecule has 0 saturated carbocycles. The molecule has 2 aliphatic heterocycles. The maximum absolute atomic E-state index is 12.4. The number of morpholine rings is 1. The molecule has 32 heavy (non-hydrogen) atoms. The molecule has 1 aromatic rings. The number of rotatable bonds is 7. The predicted molar refractivity (Wildman–Crippen MR) is 122 cm³/mol. The number of hydrogen-bond acceptors (Lipinski definition) is 6. The van der Waals surface area contributed by atoms with E-state index in [1.54, 1.807) is 4.90 Å². The van der Waals surface area contributed by atoms with Gasteiger partial charge < -0.3 is 36.0 Å². The fourth-order valence-electron chi connectivity index (χ4n) is 3.76. The fourth-order valence-corrected chi connectivity index (χ4v) is 3.76. The zero-order valence-corrected chi connectivity index (χ0v) is 18.5. The highest BCUT2D eigenvalue weighted by molar-refractivity contribution is 5.78. The Balaban J connectivity index is 0.00000114. The number of anilines is 1. The minimum absolute atomic E-state index is 0.0778. The van der Waals surface area contributed by atoms with Crippen LogP contribution in [0.4, 0.5) is 10.5 Å². The molecule has 2 aliphatic rings. The second-order valence-electron chi connectivity index (χ2n) is 7.72. The number of benzene rings is 1. The monoisotopic (exact) mass is 449 g/mol. The Hall–Kier alpha value is -2.85. The van der Waals surface area contributed by atoms with Crippen molar-refractivity contribution in [3.8, 4) is 0 Å². The molecule has 0 spiro atoms. The number of piperidine rings is 1. The summed E-state index contributed by atoms with van der Waals surface area (Å²) in [6.45, 7) is 4.69. The molecule has 178 valence electrons. The van der Waals surface area contributed by atoms with Crippen LogP contribution in [0.25, 0.3) is 0 Å². The van der Waals surface area contributed by atoms with Crippen molar-refractivity contribution in [1.82, 2.24) is 15.1 Å². The van der Waals surface area contributed by atoms with Crippen LogP contribution in [0.5, 0.6) is 0 Å². The SMILES string of the molecule is NCCc1ccc(NC2CCN(C(=O)NCCC(=O)N3CCOCC3)CC2)cc1.O=CO. The van der Waals surface area contributed by atoms with Gasteiger partial charge in [0.2, 0.25) is 5.91 Å². The van der Waals surface area contributed by atoms with Crippen molar-refractivity contribution in [3.05, 3.63) is 29.8 Å². The van der Waals surface area contributed by atoms with Crippen molar-refractivity contribution in [1.29, 1.82) is 0 Å². The first-order chi connectivity index (χ1) is 15.6. The summed E-state index contributed by atoms with van der Waals surface area (Å²) < 4.78 is 5.25. The summed E-state index contributed by atoms with van der Waals surface area (Å²) in [5.41, 5.74) is 7.94. The molecule has 0 unspecified atom stereocenters. The summed E-state index contributed by atoms with van der Waals surface area (Å²) in [4.78, 5) is 36.5. The minimum Gasteiger partial charge on any atom is -0.483 e. The van der Waals surface area contributed by atoms with E-state index >= 15 is 0 Å². The summed E-state index contributed by atoms with van der Waals surface area (Å²) in [7, 11) is 0. The average Bonchev–Trinajstić information content (AvgIpc) is 2.82. The van der Waals surface area contributed by atoms with Crippen LogP contribution in [0.2, 0.25) is 0 Å². The standard InChI is InChI=1S/C21H33N5O3.CH2O2/c22-9-5-17-1-3-18(4-2-17)24-19-7-11-26(12-8-19)21(28)23-10-6-20(27)25-13-15-29-16-14-25;2-1-3/h1-4,19,24H,5-16,22H2,(H,23,28);1H,(H,2,3). The van der Waals surface area contributed by atoms with Crippen LogP contribution in [0.3, 0.4) is 0 Å². The molecule has 3 rings (SSSR count). The minimum atomic E-state index is -0.250. The lowest BCUT2D eigenvalue weighted by molar-refractivity contribution is -0.135. The van der Waals surface area contributed by atoms with Gasteiger partial charge in [-0.25, -0.2) is 4.79 Å². The first kappa shape index (κ1) is 25.4. The van der Waals surface area contributed by atoms with Crippen molar-refractivity contribution in [2.45, 2.75) is 31.7 Å². The van der Waals surface area contributed by atoms with Gasteiger partial charge in [0.05, 0.1) is 13.2 Å². The first-order valence-electron chi connectivity index (χ1n) is 11.1. The Labute approximate surface area is 189 Å². The van der Waals surface area contributed by atoms with Gasteiger partial charge in [-0.05, 0) is 43.5 Å². The molecule has 0 aromatic heterocycles. The van der Waals surface area contributed by atoms with Gasteiger partial charge in [0.15, 0.2) is 0 Å². The number of urea groups is 1. The van der Waals surface area contributed by atoms with Crippen molar-refractivity contribution in [3.63, 3.8) is 0 Å². The Morgan fingerprint density at radius 3 is 2.31 bits per heavy atom. The number of ether oxygens (including phenoxy) is 1. The zero-order valence-electron chi connectivity index (χ0n) is 18.5. The summed E-state index contributed by atoms with van der Waals surface area (Å²) >= 11 is 0. The first-order valence-corrected chi connectivity index (χ1v) is 11.1. The van der Waals surface area contributed by atoms with E-state index < -0.39 is 0 Å². The highest BCUT2D eigenvalue weighted by atomic mass is 16.5. The molecule has 2 fully saturated rings. The lowest BCUT2D eigenvalue weighted by atomic mass is 10.0. The number of amides is 3. The topological polar surface area (TPSA) is 137 Å². The van der Waals surface area contributed by atoms with E-state index in [1.165, 1.54) is 5.56 Å². The second-order valence-corrected chi connectivity index (χ2v) is 7.72. The van der Waals surface area contributed by atoms with E-state index in [4.69, 9.17) is 20.4 Å². The quantitative estimate of drug-likeness (QED) is 0.450. The van der Waals surface area contributed by atoms with E-state index in [2.05, 4.69) is 34.9 Å². The summed E-state index contributed by atoms with van der Waals surface area (Å²) in [5.74, 6) is 0.0778. The van der Waals surface area contributed by atoms with Gasteiger partial charge >= 0.3 is 6.03 Å². The van der Waals surface area contributed by atoms with Gasteiger partial charge in [0.25, 0.3) is 6.47 Å². The number of carbonyl (C=O) groups excluding carboxylic acids is 2. The van der Waals surface area contributed by atoms with Crippen LogP contribution < -0.4 is 16.4 Å². The van der Waals surface area contributed by atoms with E-state index in [9.17, 15) is 9.59 Å². The van der Waals surface area contributed by atoms with Gasteiger partial charge in [-0.1, -0.05) is 12.1 Å². The van der Waals surface area contributed by atoms with Gasteiger partial charge in [0.1, 0.15) is 0 Å².